The second kappa shape index (κ2) is 10.7. The van der Waals surface area contributed by atoms with E-state index in [1.54, 1.807) is 11.1 Å². The molecule has 0 aromatic heterocycles. The Labute approximate surface area is 239 Å². The molecule has 208 valence electrons. The molecular formula is C39H52. The van der Waals surface area contributed by atoms with Gasteiger partial charge in [0, 0.05) is 5.41 Å². The van der Waals surface area contributed by atoms with Crippen molar-refractivity contribution in [3.8, 4) is 0 Å². The molecular weight excluding hydrogens is 468 g/mol. The van der Waals surface area contributed by atoms with Crippen LogP contribution in [0.25, 0.3) is 11.1 Å². The molecule has 2 aromatic carbocycles. The van der Waals surface area contributed by atoms with Crippen LogP contribution in [0, 0.1) is 47.3 Å². The van der Waals surface area contributed by atoms with E-state index in [0.717, 1.165) is 47.3 Å². The molecule has 0 bridgehead atoms. The van der Waals surface area contributed by atoms with Crippen molar-refractivity contribution in [2.24, 2.45) is 47.3 Å². The van der Waals surface area contributed by atoms with E-state index < -0.39 is 0 Å². The molecule has 4 aliphatic rings. The summed E-state index contributed by atoms with van der Waals surface area (Å²) in [6.07, 6.45) is 14.2. The molecule has 0 radical (unpaired) electrons. The van der Waals surface area contributed by atoms with Gasteiger partial charge in [-0.1, -0.05) is 112 Å². The minimum Gasteiger partial charge on any atom is -0.0955 e. The van der Waals surface area contributed by atoms with E-state index in [0.29, 0.717) is 0 Å². The Kier molecular flexibility index (Phi) is 7.45. The van der Waals surface area contributed by atoms with Gasteiger partial charge >= 0.3 is 0 Å². The lowest BCUT2D eigenvalue weighted by Crippen LogP contribution is -2.48. The molecule has 0 spiro atoms. The van der Waals surface area contributed by atoms with Crippen LogP contribution in [0.1, 0.15) is 114 Å². The van der Waals surface area contributed by atoms with Crippen molar-refractivity contribution < 1.29 is 0 Å². The smallest absolute Gasteiger partial charge is 0.0264 e. The first-order valence-corrected chi connectivity index (χ1v) is 16.3. The summed E-state index contributed by atoms with van der Waals surface area (Å²) in [6.45, 7) is 17.9. The molecule has 4 aliphatic carbocycles. The fraction of sp³-hybridized carbons (Fsp3) is 0.590. The van der Waals surface area contributed by atoms with E-state index in [2.05, 4.69) is 89.4 Å². The van der Waals surface area contributed by atoms with Crippen LogP contribution in [0.4, 0.5) is 0 Å². The van der Waals surface area contributed by atoms with Gasteiger partial charge in [0.2, 0.25) is 0 Å². The Balaban J connectivity index is 1.59. The van der Waals surface area contributed by atoms with Gasteiger partial charge in [0.1, 0.15) is 0 Å². The lowest BCUT2D eigenvalue weighted by molar-refractivity contribution is 0.0867. The third-order valence-corrected chi connectivity index (χ3v) is 12.1. The van der Waals surface area contributed by atoms with E-state index in [1.807, 2.05) is 0 Å². The van der Waals surface area contributed by atoms with Gasteiger partial charge in [0.25, 0.3) is 0 Å². The number of benzene rings is 2. The van der Waals surface area contributed by atoms with E-state index >= 15 is 0 Å². The first-order valence-electron chi connectivity index (χ1n) is 16.3. The van der Waals surface area contributed by atoms with Crippen molar-refractivity contribution in [2.45, 2.75) is 97.3 Å². The van der Waals surface area contributed by atoms with E-state index in [1.165, 1.54) is 86.5 Å². The monoisotopic (exact) mass is 520 g/mol. The maximum absolute atomic E-state index is 4.27. The van der Waals surface area contributed by atoms with Gasteiger partial charge in [-0.2, -0.15) is 0 Å². The Morgan fingerprint density at radius 3 is 1.38 bits per heavy atom. The van der Waals surface area contributed by atoms with Gasteiger partial charge < -0.3 is 0 Å². The molecule has 39 heavy (non-hydrogen) atoms. The highest BCUT2D eigenvalue weighted by atomic mass is 14.7. The van der Waals surface area contributed by atoms with Crippen LogP contribution in [0.3, 0.4) is 0 Å². The second-order valence-electron chi connectivity index (χ2n) is 14.6. The number of hydrogen-bond donors (Lipinski definition) is 0. The molecule has 0 nitrogen and oxygen atoms in total. The quantitative estimate of drug-likeness (QED) is 0.355. The third kappa shape index (κ3) is 4.59. The fourth-order valence-corrected chi connectivity index (χ4v) is 10.5. The van der Waals surface area contributed by atoms with Crippen molar-refractivity contribution in [1.29, 1.82) is 0 Å². The molecule has 2 aromatic rings. The predicted octanol–water partition coefficient (Wildman–Crippen LogP) is 11.0. The van der Waals surface area contributed by atoms with Crippen LogP contribution in [0.15, 0.2) is 61.7 Å². The van der Waals surface area contributed by atoms with Crippen LogP contribution in [-0.4, -0.2) is 0 Å². The lowest BCUT2D eigenvalue weighted by Gasteiger charge is -2.51. The van der Waals surface area contributed by atoms with Crippen LogP contribution in [-0.2, 0) is 5.41 Å². The van der Waals surface area contributed by atoms with Gasteiger partial charge in [-0.15, -0.1) is 0 Å². The fourth-order valence-electron chi connectivity index (χ4n) is 10.5. The molecule has 0 heterocycles. The molecule has 0 heteroatoms. The number of rotatable bonds is 6. The third-order valence-electron chi connectivity index (χ3n) is 12.1. The Morgan fingerprint density at radius 2 is 1.00 bits per heavy atom. The SMILES string of the molecule is C=C(C)c1ccc(C(c2ccc(C(=C)C)cc2)(C2CCCC2)C2C3CCC(C)CC3C3CC(C)CCC32)cc1. The zero-order valence-electron chi connectivity index (χ0n) is 25.2. The topological polar surface area (TPSA) is 0 Å². The van der Waals surface area contributed by atoms with Crippen molar-refractivity contribution >= 4 is 11.1 Å². The summed E-state index contributed by atoms with van der Waals surface area (Å²) in [5.41, 5.74) is 8.22. The van der Waals surface area contributed by atoms with Crippen molar-refractivity contribution in [3.63, 3.8) is 0 Å². The Morgan fingerprint density at radius 1 is 0.590 bits per heavy atom. The lowest BCUT2D eigenvalue weighted by atomic mass is 9.52. The van der Waals surface area contributed by atoms with Crippen molar-refractivity contribution in [3.05, 3.63) is 83.9 Å². The number of fused-ring (bicyclic) bond motifs is 3. The minimum atomic E-state index is 0.0984. The summed E-state index contributed by atoms with van der Waals surface area (Å²) in [4.78, 5) is 0. The van der Waals surface area contributed by atoms with Gasteiger partial charge in [-0.25, -0.2) is 0 Å². The first-order chi connectivity index (χ1) is 18.8. The molecule has 6 unspecified atom stereocenters. The summed E-state index contributed by atoms with van der Waals surface area (Å²) in [6, 6.07) is 19.7. The molecule has 0 N–H and O–H groups in total. The summed E-state index contributed by atoms with van der Waals surface area (Å²) in [5.74, 6) is 6.86. The van der Waals surface area contributed by atoms with Gasteiger partial charge in [0.15, 0.2) is 0 Å². The van der Waals surface area contributed by atoms with Crippen LogP contribution in [0.5, 0.6) is 0 Å². The maximum atomic E-state index is 4.27. The molecule has 0 saturated heterocycles. The molecule has 4 saturated carbocycles. The Bertz CT molecular complexity index is 1090. The van der Waals surface area contributed by atoms with E-state index in [4.69, 9.17) is 0 Å². The highest BCUT2D eigenvalue weighted by Crippen LogP contribution is 2.67. The first kappa shape index (κ1) is 27.1. The van der Waals surface area contributed by atoms with E-state index in [9.17, 15) is 0 Å². The van der Waals surface area contributed by atoms with Gasteiger partial charge in [0.05, 0.1) is 0 Å². The molecule has 6 rings (SSSR count). The predicted molar refractivity (Wildman–Crippen MR) is 169 cm³/mol. The average Bonchev–Trinajstić information content (AvgIpc) is 3.57. The summed E-state index contributed by atoms with van der Waals surface area (Å²) >= 11 is 0. The Hall–Kier alpha value is -2.08. The van der Waals surface area contributed by atoms with Crippen molar-refractivity contribution in [1.82, 2.24) is 0 Å². The summed E-state index contributed by atoms with van der Waals surface area (Å²) in [7, 11) is 0. The summed E-state index contributed by atoms with van der Waals surface area (Å²) in [5, 5.41) is 0. The average molecular weight is 521 g/mol. The zero-order chi connectivity index (χ0) is 27.3. The summed E-state index contributed by atoms with van der Waals surface area (Å²) < 4.78 is 0. The standard InChI is InChI=1S/C39H52/c1-25(2)29-13-17-32(18-14-29)39(31-9-7-8-10-31,33-19-15-30(16-20-33)26(3)4)38-34-21-11-27(5)23-36(34)37-24-28(6)12-22-35(37)38/h13-20,27-28,31,34-38H,1,3,7-12,21-24H2,2,4-6H3. The highest BCUT2D eigenvalue weighted by Gasteiger charge is 2.62. The minimum absolute atomic E-state index is 0.0984. The number of allylic oxidation sites excluding steroid dienone is 2. The molecule has 6 atom stereocenters. The van der Waals surface area contributed by atoms with Gasteiger partial charge in [-0.3, -0.25) is 0 Å². The van der Waals surface area contributed by atoms with E-state index in [-0.39, 0.29) is 5.41 Å². The highest BCUT2D eigenvalue weighted by molar-refractivity contribution is 5.63. The second-order valence-corrected chi connectivity index (χ2v) is 14.6. The van der Waals surface area contributed by atoms with Crippen LogP contribution in [0.2, 0.25) is 0 Å². The largest absolute Gasteiger partial charge is 0.0955 e. The normalized spacial score (nSPS) is 33.0. The van der Waals surface area contributed by atoms with Crippen LogP contribution >= 0.6 is 0 Å². The van der Waals surface area contributed by atoms with Crippen LogP contribution < -0.4 is 0 Å². The maximum Gasteiger partial charge on any atom is 0.0264 e. The van der Waals surface area contributed by atoms with Gasteiger partial charge in [-0.05, 0) is 122 Å². The number of hydrogen-bond acceptors (Lipinski definition) is 0. The molecule has 4 fully saturated rings. The van der Waals surface area contributed by atoms with Crippen molar-refractivity contribution in [2.75, 3.05) is 0 Å². The zero-order valence-corrected chi connectivity index (χ0v) is 25.2. The molecule has 0 aliphatic heterocycles. The molecule has 0 amide bonds.